The molecule has 2 rings (SSSR count). The Labute approximate surface area is 124 Å². The third-order valence-corrected chi connectivity index (χ3v) is 2.81. The molecular weight excluding hydrogens is 270 g/mol. The molecule has 2 nitrogen and oxygen atoms in total. The Morgan fingerprint density at radius 3 is 2.85 bits per heavy atom. The number of ether oxygens (including phenoxy) is 1. The van der Waals surface area contributed by atoms with Crippen LogP contribution in [0, 0.1) is 18.8 Å². The number of alkyl halides is 1. The predicted molar refractivity (Wildman–Crippen MR) is 82.0 cm³/mol. The van der Waals surface area contributed by atoms with E-state index in [0.29, 0.717) is 18.9 Å². The van der Waals surface area contributed by atoms with Gasteiger partial charge in [-0.05, 0) is 37.3 Å². The van der Waals surface area contributed by atoms with Crippen molar-refractivity contribution in [3.63, 3.8) is 0 Å². The monoisotopic (exact) mass is 285 g/mol. The largest absolute Gasteiger partial charge is 0.487 e. The van der Waals surface area contributed by atoms with E-state index in [1.807, 2.05) is 49.4 Å². The number of hydrogen-bond acceptors (Lipinski definition) is 2. The lowest BCUT2D eigenvalue weighted by Crippen LogP contribution is -1.99. The molecule has 0 saturated heterocycles. The average Bonchev–Trinajstić information content (AvgIpc) is 2.46. The van der Waals surface area contributed by atoms with Crippen LogP contribution < -0.4 is 4.74 Å². The first kappa shape index (κ1) is 14.4. The summed E-state index contributed by atoms with van der Waals surface area (Å²) in [6.45, 7) is 2.43. The van der Waals surface area contributed by atoms with Crippen molar-refractivity contribution in [2.45, 2.75) is 20.0 Å². The molecule has 20 heavy (non-hydrogen) atoms. The van der Waals surface area contributed by atoms with Gasteiger partial charge < -0.3 is 4.74 Å². The van der Waals surface area contributed by atoms with Gasteiger partial charge in [0.25, 0.3) is 0 Å². The van der Waals surface area contributed by atoms with Crippen molar-refractivity contribution < 1.29 is 4.74 Å². The van der Waals surface area contributed by atoms with E-state index in [1.54, 1.807) is 0 Å². The fourth-order valence-corrected chi connectivity index (χ4v) is 1.81. The van der Waals surface area contributed by atoms with Crippen LogP contribution in [0.15, 0.2) is 42.5 Å². The Morgan fingerprint density at radius 2 is 2.05 bits per heavy atom. The van der Waals surface area contributed by atoms with Gasteiger partial charge in [0, 0.05) is 23.6 Å². The maximum Gasteiger partial charge on any atom is 0.130 e. The Balaban J connectivity index is 2.00. The fourth-order valence-electron chi connectivity index (χ4n) is 1.71. The minimum absolute atomic E-state index is 0.459. The standard InChI is InChI=1S/C17H16ClNO/c1-14-6-4-9-16(19-14)13-20-17-10-5-8-15(12-17)7-2-3-11-18/h4-6,8-10,12H,3,11,13H2,1H3. The summed E-state index contributed by atoms with van der Waals surface area (Å²) >= 11 is 5.60. The van der Waals surface area contributed by atoms with Crippen LogP contribution in [0.25, 0.3) is 0 Å². The highest BCUT2D eigenvalue weighted by Crippen LogP contribution is 2.14. The molecule has 0 bridgehead atoms. The first-order chi connectivity index (χ1) is 9.78. The number of pyridine rings is 1. The minimum Gasteiger partial charge on any atom is -0.487 e. The first-order valence-corrected chi connectivity index (χ1v) is 7.01. The summed E-state index contributed by atoms with van der Waals surface area (Å²) in [6, 6.07) is 13.6. The normalized spacial score (nSPS) is 9.70. The minimum atomic E-state index is 0.459. The van der Waals surface area contributed by atoms with Crippen molar-refractivity contribution in [3.8, 4) is 17.6 Å². The summed E-state index contributed by atoms with van der Waals surface area (Å²) in [5, 5.41) is 0. The summed E-state index contributed by atoms with van der Waals surface area (Å²) in [5.74, 6) is 7.43. The van der Waals surface area contributed by atoms with E-state index in [0.717, 1.165) is 22.7 Å². The van der Waals surface area contributed by atoms with Crippen molar-refractivity contribution in [3.05, 3.63) is 59.4 Å². The molecule has 0 aliphatic carbocycles. The molecule has 0 N–H and O–H groups in total. The van der Waals surface area contributed by atoms with Gasteiger partial charge in [-0.2, -0.15) is 0 Å². The molecule has 0 radical (unpaired) electrons. The molecule has 2 aromatic rings. The van der Waals surface area contributed by atoms with Crippen LogP contribution in [0.1, 0.15) is 23.4 Å². The van der Waals surface area contributed by atoms with Crippen molar-refractivity contribution in [1.82, 2.24) is 4.98 Å². The van der Waals surface area contributed by atoms with Gasteiger partial charge in [-0.15, -0.1) is 11.6 Å². The first-order valence-electron chi connectivity index (χ1n) is 6.48. The zero-order valence-corrected chi connectivity index (χ0v) is 12.2. The van der Waals surface area contributed by atoms with E-state index in [9.17, 15) is 0 Å². The molecule has 0 saturated carbocycles. The summed E-state index contributed by atoms with van der Waals surface area (Å²) in [5.41, 5.74) is 2.85. The predicted octanol–water partition coefficient (Wildman–Crippen LogP) is 3.95. The lowest BCUT2D eigenvalue weighted by molar-refractivity contribution is 0.301. The van der Waals surface area contributed by atoms with E-state index in [1.165, 1.54) is 0 Å². The number of aryl methyl sites for hydroxylation is 1. The lowest BCUT2D eigenvalue weighted by atomic mass is 10.2. The topological polar surface area (TPSA) is 22.1 Å². The summed E-state index contributed by atoms with van der Waals surface area (Å²) in [6.07, 6.45) is 0.694. The summed E-state index contributed by atoms with van der Waals surface area (Å²) < 4.78 is 5.74. The Bertz CT molecular complexity index is 628. The second-order valence-corrected chi connectivity index (χ2v) is 4.71. The zero-order chi connectivity index (χ0) is 14.2. The quantitative estimate of drug-likeness (QED) is 0.627. The second-order valence-electron chi connectivity index (χ2n) is 4.33. The van der Waals surface area contributed by atoms with Crippen molar-refractivity contribution in [2.75, 3.05) is 5.88 Å². The lowest BCUT2D eigenvalue weighted by Gasteiger charge is -2.06. The second kappa shape index (κ2) is 7.57. The van der Waals surface area contributed by atoms with Crippen LogP contribution in [0.3, 0.4) is 0 Å². The van der Waals surface area contributed by atoms with Gasteiger partial charge >= 0.3 is 0 Å². The van der Waals surface area contributed by atoms with Gasteiger partial charge in [-0.1, -0.05) is 24.0 Å². The number of rotatable bonds is 4. The third kappa shape index (κ3) is 4.60. The molecular formula is C17H16ClNO. The van der Waals surface area contributed by atoms with E-state index in [2.05, 4.69) is 16.8 Å². The van der Waals surface area contributed by atoms with Crippen molar-refractivity contribution in [1.29, 1.82) is 0 Å². The highest BCUT2D eigenvalue weighted by molar-refractivity contribution is 6.18. The molecule has 0 aliphatic rings. The Morgan fingerprint density at radius 1 is 1.20 bits per heavy atom. The number of benzene rings is 1. The molecule has 0 spiro atoms. The molecule has 0 aliphatic heterocycles. The smallest absolute Gasteiger partial charge is 0.130 e. The molecule has 1 aromatic heterocycles. The van der Waals surface area contributed by atoms with Crippen molar-refractivity contribution in [2.24, 2.45) is 0 Å². The number of hydrogen-bond donors (Lipinski definition) is 0. The van der Waals surface area contributed by atoms with E-state index < -0.39 is 0 Å². The third-order valence-electron chi connectivity index (χ3n) is 2.62. The van der Waals surface area contributed by atoms with Crippen LogP contribution in [-0.4, -0.2) is 10.9 Å². The van der Waals surface area contributed by atoms with E-state index in [4.69, 9.17) is 16.3 Å². The van der Waals surface area contributed by atoms with Gasteiger partial charge in [0.1, 0.15) is 12.4 Å². The highest BCUT2D eigenvalue weighted by Gasteiger charge is 1.98. The van der Waals surface area contributed by atoms with Gasteiger partial charge in [-0.3, -0.25) is 4.98 Å². The van der Waals surface area contributed by atoms with Gasteiger partial charge in [0.05, 0.1) is 5.69 Å². The van der Waals surface area contributed by atoms with Crippen LogP contribution in [0.4, 0.5) is 0 Å². The van der Waals surface area contributed by atoms with Gasteiger partial charge in [0.15, 0.2) is 0 Å². The van der Waals surface area contributed by atoms with Crippen LogP contribution in [0.5, 0.6) is 5.75 Å². The van der Waals surface area contributed by atoms with Gasteiger partial charge in [0.2, 0.25) is 0 Å². The van der Waals surface area contributed by atoms with E-state index in [-0.39, 0.29) is 0 Å². The molecule has 1 aromatic carbocycles. The molecule has 0 fully saturated rings. The SMILES string of the molecule is Cc1cccc(COc2cccc(C#CCCCl)c2)n1. The zero-order valence-electron chi connectivity index (χ0n) is 11.4. The molecule has 0 unspecified atom stereocenters. The molecule has 1 heterocycles. The Kier molecular flexibility index (Phi) is 5.46. The number of halogens is 1. The van der Waals surface area contributed by atoms with E-state index >= 15 is 0 Å². The maximum absolute atomic E-state index is 5.74. The Hall–Kier alpha value is -1.98. The average molecular weight is 286 g/mol. The van der Waals surface area contributed by atoms with Crippen LogP contribution in [0.2, 0.25) is 0 Å². The number of aromatic nitrogens is 1. The molecule has 0 atom stereocenters. The van der Waals surface area contributed by atoms with Crippen molar-refractivity contribution >= 4 is 11.6 Å². The summed E-state index contributed by atoms with van der Waals surface area (Å²) in [4.78, 5) is 4.40. The van der Waals surface area contributed by atoms with Gasteiger partial charge in [-0.25, -0.2) is 0 Å². The molecule has 102 valence electrons. The fraction of sp³-hybridized carbons (Fsp3) is 0.235. The summed E-state index contributed by atoms with van der Waals surface area (Å²) in [7, 11) is 0. The molecule has 0 amide bonds. The maximum atomic E-state index is 5.74. The van der Waals surface area contributed by atoms with Crippen LogP contribution >= 0.6 is 11.6 Å². The molecule has 3 heteroatoms. The highest BCUT2D eigenvalue weighted by atomic mass is 35.5. The van der Waals surface area contributed by atoms with Crippen LogP contribution in [-0.2, 0) is 6.61 Å². The number of nitrogens with zero attached hydrogens (tertiary/aromatic N) is 1.